The van der Waals surface area contributed by atoms with E-state index in [0.29, 0.717) is 36.5 Å². The Hall–Kier alpha value is -4.32. The number of hydrogen-bond donors (Lipinski definition) is 3. The van der Waals surface area contributed by atoms with Crippen LogP contribution in [-0.2, 0) is 0 Å². The number of nitrogens with one attached hydrogen (secondary N) is 2. The molecule has 12 nitrogen and oxygen atoms in total. The molecule has 2 aliphatic heterocycles. The van der Waals surface area contributed by atoms with Gasteiger partial charge in [0.05, 0.1) is 11.1 Å². The highest BCUT2D eigenvalue weighted by Crippen LogP contribution is 2.31. The number of carbonyl (C=O) groups excluding carboxylic acids is 1. The predicted molar refractivity (Wildman–Crippen MR) is 115 cm³/mol. The number of hydrogen-bond acceptors (Lipinski definition) is 11. The molecule has 1 atom stereocenters. The Bertz CT molecular complexity index is 1050. The fraction of sp³-hybridized carbons (Fsp3) is 0.400. The van der Waals surface area contributed by atoms with E-state index in [-0.39, 0.29) is 17.8 Å². The van der Waals surface area contributed by atoms with Crippen LogP contribution in [0.4, 0.5) is 5.82 Å². The SMILES string of the molecule is CN/C=C\N.N#Cc1cnc(N2CCC2)c(-c2nnc(C(=O)NC3CCN(C#N)C3)o2)c1. The van der Waals surface area contributed by atoms with E-state index in [1.807, 2.05) is 6.07 Å². The number of nitriles is 2. The number of likely N-dealkylation sites (tertiary alicyclic amines) is 1. The van der Waals surface area contributed by atoms with E-state index >= 15 is 0 Å². The molecule has 0 bridgehead atoms. The van der Waals surface area contributed by atoms with Gasteiger partial charge in [-0.15, -0.1) is 10.2 Å². The quantitative estimate of drug-likeness (QED) is 0.544. The molecule has 2 fully saturated rings. The number of pyridine rings is 1. The Morgan fingerprint density at radius 1 is 1.34 bits per heavy atom. The van der Waals surface area contributed by atoms with Gasteiger partial charge in [0, 0.05) is 57.9 Å². The molecule has 166 valence electrons. The van der Waals surface area contributed by atoms with Crippen LogP contribution in [0.25, 0.3) is 11.5 Å². The molecule has 0 aliphatic carbocycles. The molecule has 2 aromatic rings. The Balaban J connectivity index is 0.000000523. The molecule has 0 aromatic carbocycles. The summed E-state index contributed by atoms with van der Waals surface area (Å²) in [5, 5.41) is 31.4. The summed E-state index contributed by atoms with van der Waals surface area (Å²) < 4.78 is 5.56. The maximum Gasteiger partial charge on any atom is 0.309 e. The lowest BCUT2D eigenvalue weighted by Gasteiger charge is -2.32. The van der Waals surface area contributed by atoms with Crippen molar-refractivity contribution in [2.24, 2.45) is 5.73 Å². The summed E-state index contributed by atoms with van der Waals surface area (Å²) in [5.41, 5.74) is 5.81. The van der Waals surface area contributed by atoms with E-state index in [1.54, 1.807) is 24.2 Å². The maximum atomic E-state index is 12.4. The lowest BCUT2D eigenvalue weighted by Crippen LogP contribution is -2.38. The molecule has 2 aliphatic rings. The number of aromatic nitrogens is 3. The molecule has 4 heterocycles. The second-order valence-corrected chi connectivity index (χ2v) is 7.11. The minimum absolute atomic E-state index is 0.132. The third-order valence-electron chi connectivity index (χ3n) is 4.93. The summed E-state index contributed by atoms with van der Waals surface area (Å²) in [5.74, 6) is 0.179. The average Bonchev–Trinajstić information content (AvgIpc) is 3.43. The van der Waals surface area contributed by atoms with Crippen molar-refractivity contribution >= 4 is 11.7 Å². The molecule has 32 heavy (non-hydrogen) atoms. The molecular weight excluding hydrogens is 412 g/mol. The van der Waals surface area contributed by atoms with Crippen LogP contribution >= 0.6 is 0 Å². The van der Waals surface area contributed by atoms with E-state index in [0.717, 1.165) is 19.5 Å². The summed E-state index contributed by atoms with van der Waals surface area (Å²) in [6, 6.07) is 3.55. The fourth-order valence-corrected chi connectivity index (χ4v) is 3.19. The molecule has 0 spiro atoms. The Morgan fingerprint density at radius 3 is 2.72 bits per heavy atom. The van der Waals surface area contributed by atoms with E-state index in [9.17, 15) is 4.79 Å². The minimum Gasteiger partial charge on any atom is -0.412 e. The molecule has 1 amide bonds. The van der Waals surface area contributed by atoms with Gasteiger partial charge in [-0.2, -0.15) is 10.5 Å². The van der Waals surface area contributed by atoms with Crippen LogP contribution in [0.2, 0.25) is 0 Å². The summed E-state index contributed by atoms with van der Waals surface area (Å²) in [6.07, 6.45) is 8.42. The first kappa shape index (κ1) is 22.4. The highest BCUT2D eigenvalue weighted by atomic mass is 16.4. The molecule has 0 saturated carbocycles. The van der Waals surface area contributed by atoms with Crippen LogP contribution < -0.4 is 21.3 Å². The van der Waals surface area contributed by atoms with Crippen molar-refractivity contribution in [3.05, 3.63) is 36.1 Å². The zero-order valence-electron chi connectivity index (χ0n) is 17.7. The number of carbonyl (C=O) groups is 1. The van der Waals surface area contributed by atoms with Gasteiger partial charge in [-0.1, -0.05) is 0 Å². The van der Waals surface area contributed by atoms with Crippen LogP contribution in [0.5, 0.6) is 0 Å². The van der Waals surface area contributed by atoms with Gasteiger partial charge in [0.25, 0.3) is 5.89 Å². The van der Waals surface area contributed by atoms with Crippen molar-refractivity contribution in [3.8, 4) is 23.7 Å². The molecule has 0 radical (unpaired) electrons. The number of nitrogens with zero attached hydrogens (tertiary/aromatic N) is 7. The number of anilines is 1. The minimum atomic E-state index is -0.478. The van der Waals surface area contributed by atoms with Gasteiger partial charge >= 0.3 is 11.8 Å². The lowest BCUT2D eigenvalue weighted by atomic mass is 10.1. The predicted octanol–water partition coefficient (Wildman–Crippen LogP) is 0.134. The van der Waals surface area contributed by atoms with Crippen LogP contribution in [0.1, 0.15) is 29.1 Å². The molecular formula is C20H24N10O2. The number of rotatable bonds is 5. The van der Waals surface area contributed by atoms with Gasteiger partial charge in [0.15, 0.2) is 6.19 Å². The van der Waals surface area contributed by atoms with Gasteiger partial charge in [0.1, 0.15) is 11.9 Å². The first-order valence-electron chi connectivity index (χ1n) is 10.1. The summed E-state index contributed by atoms with van der Waals surface area (Å²) in [4.78, 5) is 20.3. The zero-order valence-corrected chi connectivity index (χ0v) is 17.7. The molecule has 2 aromatic heterocycles. The monoisotopic (exact) mass is 436 g/mol. The normalized spacial score (nSPS) is 17.0. The zero-order chi connectivity index (χ0) is 22.9. The van der Waals surface area contributed by atoms with Gasteiger partial charge in [0.2, 0.25) is 0 Å². The van der Waals surface area contributed by atoms with Crippen molar-refractivity contribution < 1.29 is 9.21 Å². The van der Waals surface area contributed by atoms with Crippen LogP contribution in [0.15, 0.2) is 29.1 Å². The molecule has 1 unspecified atom stereocenters. The summed E-state index contributed by atoms with van der Waals surface area (Å²) in [7, 11) is 1.80. The Labute approximate surface area is 185 Å². The van der Waals surface area contributed by atoms with Crippen LogP contribution in [-0.4, -0.2) is 65.3 Å². The van der Waals surface area contributed by atoms with Gasteiger partial charge < -0.3 is 30.6 Å². The van der Waals surface area contributed by atoms with Gasteiger partial charge in [-0.3, -0.25) is 4.79 Å². The molecule has 4 rings (SSSR count). The van der Waals surface area contributed by atoms with Crippen molar-refractivity contribution in [2.75, 3.05) is 38.1 Å². The van der Waals surface area contributed by atoms with Gasteiger partial charge in [-0.25, -0.2) is 4.98 Å². The lowest BCUT2D eigenvalue weighted by molar-refractivity contribution is 0.0904. The molecule has 2 saturated heterocycles. The first-order chi connectivity index (χ1) is 15.6. The highest BCUT2D eigenvalue weighted by molar-refractivity contribution is 5.90. The van der Waals surface area contributed by atoms with E-state index in [4.69, 9.17) is 20.7 Å². The third-order valence-corrected chi connectivity index (χ3v) is 4.93. The van der Waals surface area contributed by atoms with Crippen LogP contribution in [0, 0.1) is 22.8 Å². The summed E-state index contributed by atoms with van der Waals surface area (Å²) >= 11 is 0. The third kappa shape index (κ3) is 5.23. The topological polar surface area (TPSA) is 173 Å². The number of nitrogens with two attached hydrogens (primary N) is 1. The van der Waals surface area contributed by atoms with Crippen molar-refractivity contribution in [3.63, 3.8) is 0 Å². The Morgan fingerprint density at radius 2 is 2.16 bits per heavy atom. The second-order valence-electron chi connectivity index (χ2n) is 7.11. The smallest absolute Gasteiger partial charge is 0.309 e. The van der Waals surface area contributed by atoms with Crippen molar-refractivity contribution in [1.82, 2.24) is 30.7 Å². The van der Waals surface area contributed by atoms with E-state index in [1.165, 1.54) is 12.4 Å². The highest BCUT2D eigenvalue weighted by Gasteiger charge is 2.27. The Kier molecular flexibility index (Phi) is 7.43. The summed E-state index contributed by atoms with van der Waals surface area (Å²) in [6.45, 7) is 2.81. The van der Waals surface area contributed by atoms with E-state index in [2.05, 4.69) is 36.9 Å². The average molecular weight is 436 g/mol. The van der Waals surface area contributed by atoms with Crippen molar-refractivity contribution in [2.45, 2.75) is 18.9 Å². The standard InChI is InChI=1S/C17H16N8O2.C3H8N2/c18-7-11-6-13(14(20-8-11)25-3-1-4-25)16-22-23-17(27-16)15(26)21-12-2-5-24(9-12)10-19;1-5-3-2-4/h6,8,12H,1-5,9H2,(H,21,26);2-3,5H,4H2,1H3/b;3-2-. The molecule has 12 heteroatoms. The van der Waals surface area contributed by atoms with E-state index < -0.39 is 5.91 Å². The largest absolute Gasteiger partial charge is 0.412 e. The van der Waals surface area contributed by atoms with Crippen molar-refractivity contribution in [1.29, 1.82) is 10.5 Å². The number of amides is 1. The molecule has 4 N–H and O–H groups in total. The first-order valence-corrected chi connectivity index (χ1v) is 10.1. The van der Waals surface area contributed by atoms with Gasteiger partial charge in [-0.05, 0) is 18.9 Å². The van der Waals surface area contributed by atoms with Crippen LogP contribution in [0.3, 0.4) is 0 Å². The maximum absolute atomic E-state index is 12.4. The second kappa shape index (κ2) is 10.6. The fourth-order valence-electron chi connectivity index (χ4n) is 3.19.